The number of fused-ring (bicyclic) bond motifs is 1. The molecule has 2 aromatic heterocycles. The zero-order chi connectivity index (χ0) is 22.5. The van der Waals surface area contributed by atoms with E-state index < -0.39 is 0 Å². The number of carbonyl (C=O) groups is 1. The SMILES string of the molecule is CCN(CC)CCN(C(=O)c1cc(OC)nc(OC)n1)c1nc2c(C)cc(C)cc2s1. The average molecular weight is 444 g/mol. The molecule has 2 heterocycles. The molecule has 1 amide bonds. The van der Waals surface area contributed by atoms with Crippen LogP contribution in [0.3, 0.4) is 0 Å². The molecule has 0 atom stereocenters. The lowest BCUT2D eigenvalue weighted by molar-refractivity contribution is 0.0977. The van der Waals surface area contributed by atoms with Crippen molar-refractivity contribution in [3.05, 3.63) is 35.0 Å². The van der Waals surface area contributed by atoms with Crippen LogP contribution in [0.2, 0.25) is 0 Å². The first-order chi connectivity index (χ1) is 14.9. The third-order valence-electron chi connectivity index (χ3n) is 5.12. The van der Waals surface area contributed by atoms with E-state index in [1.54, 1.807) is 4.90 Å². The molecule has 0 aliphatic carbocycles. The Morgan fingerprint density at radius 2 is 1.74 bits per heavy atom. The van der Waals surface area contributed by atoms with E-state index in [4.69, 9.17) is 14.5 Å². The van der Waals surface area contributed by atoms with Crippen molar-refractivity contribution in [1.29, 1.82) is 0 Å². The molecule has 0 saturated carbocycles. The Hall–Kier alpha value is -2.78. The fourth-order valence-electron chi connectivity index (χ4n) is 3.39. The number of rotatable bonds is 9. The molecule has 0 aliphatic rings. The molecule has 0 fully saturated rings. The van der Waals surface area contributed by atoms with Crippen LogP contribution in [0, 0.1) is 13.8 Å². The quantitative estimate of drug-likeness (QED) is 0.499. The van der Waals surface area contributed by atoms with Crippen LogP contribution in [0.25, 0.3) is 10.2 Å². The second kappa shape index (κ2) is 10.0. The predicted octanol–water partition coefficient (Wildman–Crippen LogP) is 3.71. The molecule has 166 valence electrons. The Morgan fingerprint density at radius 3 is 2.39 bits per heavy atom. The van der Waals surface area contributed by atoms with Crippen LogP contribution in [-0.4, -0.2) is 66.2 Å². The van der Waals surface area contributed by atoms with E-state index in [0.29, 0.717) is 11.7 Å². The number of aryl methyl sites for hydroxylation is 2. The van der Waals surface area contributed by atoms with Gasteiger partial charge in [-0.1, -0.05) is 31.3 Å². The number of benzene rings is 1. The number of hydrogen-bond acceptors (Lipinski definition) is 8. The lowest BCUT2D eigenvalue weighted by Crippen LogP contribution is -2.39. The Bertz CT molecular complexity index is 1040. The molecule has 0 radical (unpaired) electrons. The molecule has 3 aromatic rings. The summed E-state index contributed by atoms with van der Waals surface area (Å²) in [5.74, 6) is 0.00856. The topological polar surface area (TPSA) is 80.7 Å². The molecule has 0 bridgehead atoms. The first kappa shape index (κ1) is 22.9. The second-order valence-electron chi connectivity index (χ2n) is 7.19. The maximum atomic E-state index is 13.6. The lowest BCUT2D eigenvalue weighted by Gasteiger charge is -2.24. The highest BCUT2D eigenvalue weighted by Crippen LogP contribution is 2.32. The highest BCUT2D eigenvalue weighted by molar-refractivity contribution is 7.22. The van der Waals surface area contributed by atoms with Gasteiger partial charge in [-0.3, -0.25) is 9.69 Å². The van der Waals surface area contributed by atoms with Crippen LogP contribution in [0.1, 0.15) is 35.5 Å². The number of ether oxygens (including phenoxy) is 2. The Balaban J connectivity index is 2.04. The molecule has 0 spiro atoms. The van der Waals surface area contributed by atoms with Crippen molar-refractivity contribution in [2.75, 3.05) is 45.3 Å². The largest absolute Gasteiger partial charge is 0.481 e. The molecule has 0 N–H and O–H groups in total. The van der Waals surface area contributed by atoms with Gasteiger partial charge >= 0.3 is 6.01 Å². The third kappa shape index (κ3) is 5.11. The van der Waals surface area contributed by atoms with Crippen LogP contribution in [-0.2, 0) is 0 Å². The summed E-state index contributed by atoms with van der Waals surface area (Å²) < 4.78 is 11.4. The number of anilines is 1. The fraction of sp³-hybridized carbons (Fsp3) is 0.455. The third-order valence-corrected chi connectivity index (χ3v) is 6.15. The van der Waals surface area contributed by atoms with Crippen molar-refractivity contribution in [2.24, 2.45) is 0 Å². The van der Waals surface area contributed by atoms with Gasteiger partial charge in [0.2, 0.25) is 5.88 Å². The first-order valence-electron chi connectivity index (χ1n) is 10.3. The van der Waals surface area contributed by atoms with E-state index >= 15 is 0 Å². The first-order valence-corrected chi connectivity index (χ1v) is 11.1. The lowest BCUT2D eigenvalue weighted by atomic mass is 10.1. The fourth-order valence-corrected chi connectivity index (χ4v) is 4.55. The molecular formula is C22H29N5O3S. The molecule has 8 nitrogen and oxygen atoms in total. The number of amides is 1. The minimum absolute atomic E-state index is 0.0853. The summed E-state index contributed by atoms with van der Waals surface area (Å²) in [6.07, 6.45) is 0. The minimum atomic E-state index is -0.264. The Labute approximate surface area is 186 Å². The summed E-state index contributed by atoms with van der Waals surface area (Å²) in [6.45, 7) is 11.4. The minimum Gasteiger partial charge on any atom is -0.481 e. The summed E-state index contributed by atoms with van der Waals surface area (Å²) >= 11 is 1.51. The van der Waals surface area contributed by atoms with E-state index in [0.717, 1.165) is 35.4 Å². The van der Waals surface area contributed by atoms with Gasteiger partial charge in [-0.2, -0.15) is 9.97 Å². The van der Waals surface area contributed by atoms with Gasteiger partial charge in [-0.05, 0) is 44.1 Å². The van der Waals surface area contributed by atoms with Crippen molar-refractivity contribution < 1.29 is 14.3 Å². The maximum Gasteiger partial charge on any atom is 0.320 e. The number of likely N-dealkylation sites (N-methyl/N-ethyl adjacent to an activating group) is 1. The van der Waals surface area contributed by atoms with Crippen LogP contribution in [0.5, 0.6) is 11.9 Å². The Kier molecular flexibility index (Phi) is 7.40. The van der Waals surface area contributed by atoms with Crippen molar-refractivity contribution >= 4 is 32.6 Å². The number of hydrogen-bond donors (Lipinski definition) is 0. The van der Waals surface area contributed by atoms with E-state index in [1.807, 2.05) is 6.92 Å². The number of aromatic nitrogens is 3. The molecule has 0 unspecified atom stereocenters. The van der Waals surface area contributed by atoms with Gasteiger partial charge < -0.3 is 14.4 Å². The van der Waals surface area contributed by atoms with Crippen LogP contribution in [0.4, 0.5) is 5.13 Å². The summed E-state index contributed by atoms with van der Waals surface area (Å²) in [5.41, 5.74) is 3.39. The van der Waals surface area contributed by atoms with E-state index in [2.05, 4.69) is 47.8 Å². The van der Waals surface area contributed by atoms with Gasteiger partial charge in [-0.15, -0.1) is 0 Å². The van der Waals surface area contributed by atoms with Crippen LogP contribution in [0.15, 0.2) is 18.2 Å². The second-order valence-corrected chi connectivity index (χ2v) is 8.20. The normalized spacial score (nSPS) is 11.2. The van der Waals surface area contributed by atoms with Gasteiger partial charge in [-0.25, -0.2) is 4.98 Å². The number of methoxy groups -OCH3 is 2. The molecule has 9 heteroatoms. The molecule has 1 aromatic carbocycles. The van der Waals surface area contributed by atoms with Crippen molar-refractivity contribution in [3.8, 4) is 11.9 Å². The summed E-state index contributed by atoms with van der Waals surface area (Å²) in [4.78, 5) is 30.7. The van der Waals surface area contributed by atoms with Crippen molar-refractivity contribution in [1.82, 2.24) is 19.9 Å². The molecule has 31 heavy (non-hydrogen) atoms. The molecule has 0 saturated heterocycles. The smallest absolute Gasteiger partial charge is 0.320 e. The standard InChI is InChI=1S/C22H29N5O3S/c1-7-26(8-2)9-10-27(20(28)16-13-18(29-5)24-21(23-16)30-6)22-25-19-15(4)11-14(3)12-17(19)31-22/h11-13H,7-10H2,1-6H3. The summed E-state index contributed by atoms with van der Waals surface area (Å²) in [5, 5.41) is 0.650. The van der Waals surface area contributed by atoms with Crippen LogP contribution < -0.4 is 14.4 Å². The Morgan fingerprint density at radius 1 is 1.00 bits per heavy atom. The van der Waals surface area contributed by atoms with Gasteiger partial charge in [0.1, 0.15) is 5.69 Å². The van der Waals surface area contributed by atoms with Gasteiger partial charge in [0.25, 0.3) is 5.91 Å². The average Bonchev–Trinajstić information content (AvgIpc) is 3.20. The van der Waals surface area contributed by atoms with E-state index in [-0.39, 0.29) is 23.5 Å². The van der Waals surface area contributed by atoms with Gasteiger partial charge in [0.15, 0.2) is 5.13 Å². The molecule has 3 rings (SSSR count). The zero-order valence-corrected chi connectivity index (χ0v) is 19.7. The summed E-state index contributed by atoms with van der Waals surface area (Å²) in [7, 11) is 2.95. The highest BCUT2D eigenvalue weighted by Gasteiger charge is 2.25. The van der Waals surface area contributed by atoms with E-state index in [1.165, 1.54) is 37.2 Å². The van der Waals surface area contributed by atoms with Crippen molar-refractivity contribution in [3.63, 3.8) is 0 Å². The number of carbonyl (C=O) groups excluding carboxylic acids is 1. The van der Waals surface area contributed by atoms with E-state index in [9.17, 15) is 4.79 Å². The van der Waals surface area contributed by atoms with Gasteiger partial charge in [0.05, 0.1) is 24.4 Å². The maximum absolute atomic E-state index is 13.6. The number of nitrogens with zero attached hydrogens (tertiary/aromatic N) is 5. The number of thiazole rings is 1. The zero-order valence-electron chi connectivity index (χ0n) is 18.9. The monoisotopic (exact) mass is 443 g/mol. The van der Waals surface area contributed by atoms with Crippen molar-refractivity contribution in [2.45, 2.75) is 27.7 Å². The highest BCUT2D eigenvalue weighted by atomic mass is 32.1. The molecule has 0 aliphatic heterocycles. The van der Waals surface area contributed by atoms with Gasteiger partial charge in [0, 0.05) is 19.2 Å². The predicted molar refractivity (Wildman–Crippen MR) is 124 cm³/mol. The molecular weight excluding hydrogens is 414 g/mol. The van der Waals surface area contributed by atoms with Crippen LogP contribution >= 0.6 is 11.3 Å². The summed E-state index contributed by atoms with van der Waals surface area (Å²) in [6, 6.07) is 5.82.